The number of carbonyl (C=O) groups is 3. The Bertz CT molecular complexity index is 1430. The van der Waals surface area contributed by atoms with E-state index in [0.29, 0.717) is 18.7 Å². The van der Waals surface area contributed by atoms with E-state index in [-0.39, 0.29) is 57.3 Å². The number of fused-ring (bicyclic) bond motifs is 6. The standard InChI is InChI=1S/C31H36F3N5O6/c32-19-4-1-17(2-5-19)13-39-15-20-10-23(39)31(44)38-8-7-37(14-18-3-6-21(33)22(34)9-18)24(16-38)30(43)35-12-26-29(42)28(41)25(45-26)11-27(40)36-20/h1-6,9,20,23-26,28-29,41-42H,7-8,10-16H2,(H,35,43)(H,36,40)/t20-,23-,24-,25-,26+,28-,29+/m0/s1. The number of aliphatic hydroxyl groups is 2. The van der Waals surface area contributed by atoms with Gasteiger partial charge in [-0.15, -0.1) is 0 Å². The van der Waals surface area contributed by atoms with E-state index in [1.165, 1.54) is 18.2 Å². The van der Waals surface area contributed by atoms with E-state index in [4.69, 9.17) is 4.74 Å². The van der Waals surface area contributed by atoms with E-state index in [1.54, 1.807) is 21.9 Å². The number of likely N-dealkylation sites (tertiary alicyclic amines) is 1. The summed E-state index contributed by atoms with van der Waals surface area (Å²) < 4.78 is 46.9. The van der Waals surface area contributed by atoms with Crippen molar-refractivity contribution in [3.8, 4) is 0 Å². The highest BCUT2D eigenvalue weighted by Crippen LogP contribution is 2.27. The molecule has 0 radical (unpaired) electrons. The molecule has 4 heterocycles. The first-order valence-corrected chi connectivity index (χ1v) is 15.1. The minimum atomic E-state index is -1.35. The molecule has 4 aliphatic rings. The van der Waals surface area contributed by atoms with Gasteiger partial charge in [0.05, 0.1) is 18.6 Å². The number of amides is 3. The van der Waals surface area contributed by atoms with E-state index < -0.39 is 66.0 Å². The molecule has 2 aromatic carbocycles. The van der Waals surface area contributed by atoms with E-state index in [0.717, 1.165) is 17.7 Å². The molecule has 0 aromatic heterocycles. The molecule has 4 aliphatic heterocycles. The Balaban J connectivity index is 1.28. The molecule has 0 saturated carbocycles. The number of halogens is 3. The molecule has 0 spiro atoms. The Kier molecular flexibility index (Phi) is 9.11. The highest BCUT2D eigenvalue weighted by molar-refractivity contribution is 5.86. The lowest BCUT2D eigenvalue weighted by atomic mass is 10.0. The van der Waals surface area contributed by atoms with Crippen molar-refractivity contribution in [2.24, 2.45) is 0 Å². The lowest BCUT2D eigenvalue weighted by Gasteiger charge is -2.42. The summed E-state index contributed by atoms with van der Waals surface area (Å²) >= 11 is 0. The van der Waals surface area contributed by atoms with Crippen LogP contribution in [0.1, 0.15) is 24.0 Å². The number of nitrogens with one attached hydrogen (secondary N) is 2. The SMILES string of the molecule is O=C1C[C@@H]2O[C@H](CNC(=O)[C@@H]3CN(CCN3Cc3ccc(F)c(F)c3)C(=O)[C@@H]3C[C@@H](CN3Cc3ccc(F)cc3)N1)[C@@H](O)[C@H]2O. The maximum Gasteiger partial charge on any atom is 0.240 e. The van der Waals surface area contributed by atoms with Crippen molar-refractivity contribution in [3.05, 3.63) is 71.0 Å². The number of carbonyl (C=O) groups excluding carboxylic acids is 3. The maximum absolute atomic E-state index is 14.1. The van der Waals surface area contributed by atoms with Crippen molar-refractivity contribution >= 4 is 17.7 Å². The molecule has 4 N–H and O–H groups in total. The molecule has 4 fully saturated rings. The Morgan fingerprint density at radius 1 is 0.822 bits per heavy atom. The molecule has 2 aromatic rings. The van der Waals surface area contributed by atoms with Gasteiger partial charge in [-0.25, -0.2) is 13.2 Å². The Labute approximate surface area is 257 Å². The first-order chi connectivity index (χ1) is 21.5. The average molecular weight is 632 g/mol. The molecule has 0 unspecified atom stereocenters. The highest BCUT2D eigenvalue weighted by atomic mass is 19.2. The van der Waals surface area contributed by atoms with Gasteiger partial charge in [-0.3, -0.25) is 24.2 Å². The zero-order chi connectivity index (χ0) is 31.8. The van der Waals surface area contributed by atoms with Gasteiger partial charge >= 0.3 is 0 Å². The van der Waals surface area contributed by atoms with Crippen LogP contribution in [0.4, 0.5) is 13.2 Å². The Morgan fingerprint density at radius 3 is 2.29 bits per heavy atom. The number of ether oxygens (including phenoxy) is 1. The molecule has 3 amide bonds. The summed E-state index contributed by atoms with van der Waals surface area (Å²) in [5.41, 5.74) is 1.23. The lowest BCUT2D eigenvalue weighted by molar-refractivity contribution is -0.142. The van der Waals surface area contributed by atoms with Crippen LogP contribution in [-0.4, -0.2) is 118 Å². The molecule has 4 saturated heterocycles. The fourth-order valence-electron chi connectivity index (χ4n) is 6.76. The predicted molar refractivity (Wildman–Crippen MR) is 153 cm³/mol. The number of hydrogen-bond acceptors (Lipinski definition) is 8. The zero-order valence-corrected chi connectivity index (χ0v) is 24.4. The van der Waals surface area contributed by atoms with Crippen LogP contribution in [0.25, 0.3) is 0 Å². The van der Waals surface area contributed by atoms with E-state index in [2.05, 4.69) is 10.6 Å². The van der Waals surface area contributed by atoms with Crippen molar-refractivity contribution in [2.45, 2.75) is 68.5 Å². The Morgan fingerprint density at radius 2 is 1.53 bits per heavy atom. The maximum atomic E-state index is 14.1. The first kappa shape index (κ1) is 31.4. The third-order valence-electron chi connectivity index (χ3n) is 9.15. The molecular weight excluding hydrogens is 595 g/mol. The van der Waals surface area contributed by atoms with Crippen LogP contribution in [0.3, 0.4) is 0 Å². The molecule has 6 rings (SSSR count). The summed E-state index contributed by atoms with van der Waals surface area (Å²) in [4.78, 5) is 46.0. The minimum absolute atomic E-state index is 0.00554. The van der Waals surface area contributed by atoms with Gasteiger partial charge in [-0.1, -0.05) is 18.2 Å². The second-order valence-electron chi connectivity index (χ2n) is 12.2. The molecule has 45 heavy (non-hydrogen) atoms. The van der Waals surface area contributed by atoms with Crippen molar-refractivity contribution in [1.82, 2.24) is 25.3 Å². The fourth-order valence-corrected chi connectivity index (χ4v) is 6.76. The number of benzene rings is 2. The molecule has 11 nitrogen and oxygen atoms in total. The van der Waals surface area contributed by atoms with Crippen LogP contribution in [0.2, 0.25) is 0 Å². The van der Waals surface area contributed by atoms with Crippen molar-refractivity contribution in [1.29, 1.82) is 0 Å². The normalized spacial score (nSPS) is 31.6. The summed E-state index contributed by atoms with van der Waals surface area (Å²) in [6.45, 7) is 1.15. The molecular formula is C31H36F3N5O6. The molecule has 14 heteroatoms. The second-order valence-corrected chi connectivity index (χ2v) is 12.2. The van der Waals surface area contributed by atoms with Crippen LogP contribution in [-0.2, 0) is 32.2 Å². The van der Waals surface area contributed by atoms with Crippen LogP contribution >= 0.6 is 0 Å². The van der Waals surface area contributed by atoms with Gasteiger partial charge in [0.25, 0.3) is 0 Å². The molecule has 6 bridgehead atoms. The van der Waals surface area contributed by atoms with Gasteiger partial charge < -0.3 is 30.5 Å². The zero-order valence-electron chi connectivity index (χ0n) is 24.4. The third kappa shape index (κ3) is 6.84. The summed E-state index contributed by atoms with van der Waals surface area (Å²) in [6, 6.07) is 7.56. The smallest absolute Gasteiger partial charge is 0.240 e. The molecule has 7 atom stereocenters. The van der Waals surface area contributed by atoms with Gasteiger partial charge in [0, 0.05) is 51.9 Å². The fraction of sp³-hybridized carbons (Fsp3) is 0.516. The number of aliphatic hydroxyl groups excluding tert-OH is 2. The van der Waals surface area contributed by atoms with E-state index >= 15 is 0 Å². The average Bonchev–Trinajstić information content (AvgIpc) is 3.53. The summed E-state index contributed by atoms with van der Waals surface area (Å²) in [5, 5.41) is 26.9. The summed E-state index contributed by atoms with van der Waals surface area (Å²) in [5.74, 6) is -3.48. The van der Waals surface area contributed by atoms with Crippen molar-refractivity contribution < 1.29 is 42.5 Å². The number of hydrogen-bond donors (Lipinski definition) is 4. The van der Waals surface area contributed by atoms with Crippen LogP contribution < -0.4 is 10.6 Å². The largest absolute Gasteiger partial charge is 0.388 e. The van der Waals surface area contributed by atoms with Crippen molar-refractivity contribution in [2.75, 3.05) is 32.7 Å². The summed E-state index contributed by atoms with van der Waals surface area (Å²) in [6.07, 6.45) is -4.61. The number of nitrogens with zero attached hydrogens (tertiary/aromatic N) is 3. The quantitative estimate of drug-likeness (QED) is 0.368. The monoisotopic (exact) mass is 631 g/mol. The third-order valence-corrected chi connectivity index (χ3v) is 9.15. The highest BCUT2D eigenvalue weighted by Gasteiger charge is 2.46. The number of piperazine rings is 1. The van der Waals surface area contributed by atoms with E-state index in [9.17, 15) is 37.8 Å². The van der Waals surface area contributed by atoms with Gasteiger partial charge in [0.1, 0.15) is 30.2 Å². The van der Waals surface area contributed by atoms with Gasteiger partial charge in [0.15, 0.2) is 11.6 Å². The second kappa shape index (κ2) is 13.0. The first-order valence-electron chi connectivity index (χ1n) is 15.1. The van der Waals surface area contributed by atoms with Crippen LogP contribution in [0.5, 0.6) is 0 Å². The van der Waals surface area contributed by atoms with Gasteiger partial charge in [-0.05, 0) is 41.8 Å². The predicted octanol–water partition coefficient (Wildman–Crippen LogP) is -0.115. The minimum Gasteiger partial charge on any atom is -0.388 e. The Hall–Kier alpha value is -3.56. The lowest BCUT2D eigenvalue weighted by Crippen LogP contribution is -2.62. The summed E-state index contributed by atoms with van der Waals surface area (Å²) in [7, 11) is 0. The molecule has 0 aliphatic carbocycles. The topological polar surface area (TPSA) is 135 Å². The van der Waals surface area contributed by atoms with E-state index in [1.807, 2.05) is 4.90 Å². The van der Waals surface area contributed by atoms with Crippen LogP contribution in [0.15, 0.2) is 42.5 Å². The number of rotatable bonds is 4. The van der Waals surface area contributed by atoms with Crippen molar-refractivity contribution in [3.63, 3.8) is 0 Å². The van der Waals surface area contributed by atoms with Gasteiger partial charge in [0.2, 0.25) is 17.7 Å². The molecule has 242 valence electrons. The van der Waals surface area contributed by atoms with Crippen LogP contribution in [0, 0.1) is 17.5 Å². The van der Waals surface area contributed by atoms with Gasteiger partial charge in [-0.2, -0.15) is 0 Å².